The zero-order valence-electron chi connectivity index (χ0n) is 16.9. The van der Waals surface area contributed by atoms with Crippen LogP contribution >= 0.6 is 0 Å². The van der Waals surface area contributed by atoms with Gasteiger partial charge in [-0.05, 0) is 49.4 Å². The number of hydrogen-bond acceptors (Lipinski definition) is 4. The van der Waals surface area contributed by atoms with Crippen LogP contribution in [0.25, 0.3) is 0 Å². The fraction of sp³-hybridized carbons (Fsp3) is 0.409. The second-order valence-corrected chi connectivity index (χ2v) is 9.29. The molecule has 0 saturated carbocycles. The van der Waals surface area contributed by atoms with E-state index in [0.29, 0.717) is 31.7 Å². The highest BCUT2D eigenvalue weighted by molar-refractivity contribution is 7.89. The Morgan fingerprint density at radius 3 is 2.69 bits per heavy atom. The third-order valence-electron chi connectivity index (χ3n) is 5.25. The van der Waals surface area contributed by atoms with Crippen LogP contribution in [-0.2, 0) is 21.2 Å². The van der Waals surface area contributed by atoms with Gasteiger partial charge >= 0.3 is 0 Å². The molecule has 0 bridgehead atoms. The van der Waals surface area contributed by atoms with Gasteiger partial charge in [-0.15, -0.1) is 0 Å². The average Bonchev–Trinajstić information content (AvgIpc) is 2.74. The number of carbonyl (C=O) groups is 1. The van der Waals surface area contributed by atoms with E-state index in [1.54, 1.807) is 12.1 Å². The van der Waals surface area contributed by atoms with E-state index in [9.17, 15) is 13.2 Å². The number of sulfonamides is 1. The van der Waals surface area contributed by atoms with Crippen molar-refractivity contribution in [1.82, 2.24) is 9.62 Å². The molecule has 0 unspecified atom stereocenters. The number of aryl methyl sites for hydroxylation is 1. The molecule has 156 valence electrons. The summed E-state index contributed by atoms with van der Waals surface area (Å²) in [4.78, 5) is 12.8. The molecular formula is C22H28N2O4S. The molecule has 2 aromatic carbocycles. The number of piperidine rings is 1. The molecule has 0 aliphatic carbocycles. The highest BCUT2D eigenvalue weighted by Gasteiger charge is 2.34. The van der Waals surface area contributed by atoms with Gasteiger partial charge in [0.15, 0.2) is 0 Å². The molecule has 7 heteroatoms. The van der Waals surface area contributed by atoms with E-state index in [0.717, 1.165) is 17.5 Å². The zero-order valence-corrected chi connectivity index (χ0v) is 17.7. The van der Waals surface area contributed by atoms with Crippen molar-refractivity contribution in [2.45, 2.75) is 31.1 Å². The lowest BCUT2D eigenvalue weighted by atomic mass is 9.99. The molecule has 1 saturated heterocycles. The highest BCUT2D eigenvalue weighted by Crippen LogP contribution is 2.30. The first-order valence-electron chi connectivity index (χ1n) is 9.88. The minimum Gasteiger partial charge on any atom is -0.495 e. The van der Waals surface area contributed by atoms with E-state index in [2.05, 4.69) is 5.32 Å². The Balaban J connectivity index is 1.65. The normalized spacial score (nSPS) is 17.7. The Morgan fingerprint density at radius 2 is 1.97 bits per heavy atom. The molecular weight excluding hydrogens is 388 g/mol. The predicted molar refractivity (Wildman–Crippen MR) is 112 cm³/mol. The molecule has 0 aromatic heterocycles. The topological polar surface area (TPSA) is 75.7 Å². The predicted octanol–water partition coefficient (Wildman–Crippen LogP) is 2.76. The third-order valence-corrected chi connectivity index (χ3v) is 7.13. The molecule has 6 nitrogen and oxygen atoms in total. The van der Waals surface area contributed by atoms with Gasteiger partial charge in [0.25, 0.3) is 0 Å². The molecule has 0 radical (unpaired) electrons. The van der Waals surface area contributed by atoms with E-state index < -0.39 is 10.0 Å². The highest BCUT2D eigenvalue weighted by atomic mass is 32.2. The van der Waals surface area contributed by atoms with Gasteiger partial charge in [0, 0.05) is 19.6 Å². The standard InChI is InChI=1S/C22H28N2O4S/c1-17-10-11-20(28-2)21(15-17)29(26,27)24-14-6-9-19(16-24)22(25)23-13-12-18-7-4-3-5-8-18/h3-5,7-8,10-11,15,19H,6,9,12-14,16H2,1-2H3,(H,23,25)/t19-/m0/s1. The summed E-state index contributed by atoms with van der Waals surface area (Å²) in [6.07, 6.45) is 2.10. The maximum Gasteiger partial charge on any atom is 0.246 e. The smallest absolute Gasteiger partial charge is 0.246 e. The van der Waals surface area contributed by atoms with E-state index >= 15 is 0 Å². The number of hydrogen-bond donors (Lipinski definition) is 1. The van der Waals surface area contributed by atoms with Crippen LogP contribution in [0.1, 0.15) is 24.0 Å². The first kappa shape index (κ1) is 21.3. The van der Waals surface area contributed by atoms with Gasteiger partial charge in [0.2, 0.25) is 15.9 Å². The Bertz CT molecular complexity index is 945. The molecule has 1 amide bonds. The minimum absolute atomic E-state index is 0.0861. The molecule has 0 spiro atoms. The molecule has 3 rings (SSSR count). The molecule has 1 atom stereocenters. The summed E-state index contributed by atoms with van der Waals surface area (Å²) < 4.78 is 33.1. The van der Waals surface area contributed by atoms with Gasteiger partial charge in [0.05, 0.1) is 13.0 Å². The Hall–Kier alpha value is -2.38. The summed E-state index contributed by atoms with van der Waals surface area (Å²) in [6, 6.07) is 15.1. The molecule has 1 heterocycles. The number of benzene rings is 2. The van der Waals surface area contributed by atoms with Crippen molar-refractivity contribution < 1.29 is 17.9 Å². The van der Waals surface area contributed by atoms with E-state index in [1.165, 1.54) is 11.4 Å². The molecule has 29 heavy (non-hydrogen) atoms. The summed E-state index contributed by atoms with van der Waals surface area (Å²) in [7, 11) is -2.27. The van der Waals surface area contributed by atoms with Crippen LogP contribution < -0.4 is 10.1 Å². The lowest BCUT2D eigenvalue weighted by Gasteiger charge is -2.31. The Labute approximate surface area is 172 Å². The SMILES string of the molecule is COc1ccc(C)cc1S(=O)(=O)N1CCC[C@H](C(=O)NCCc2ccccc2)C1. The maximum atomic E-state index is 13.2. The van der Waals surface area contributed by atoms with E-state index in [1.807, 2.05) is 43.3 Å². The van der Waals surface area contributed by atoms with Gasteiger partial charge in [-0.2, -0.15) is 4.31 Å². The molecule has 1 aliphatic heterocycles. The average molecular weight is 417 g/mol. The van der Waals surface area contributed by atoms with Crippen molar-refractivity contribution in [2.75, 3.05) is 26.7 Å². The summed E-state index contributed by atoms with van der Waals surface area (Å²) in [5.74, 6) is -0.104. The van der Waals surface area contributed by atoms with Gasteiger partial charge < -0.3 is 10.1 Å². The van der Waals surface area contributed by atoms with Crippen LogP contribution in [0.2, 0.25) is 0 Å². The molecule has 1 aliphatic rings. The lowest BCUT2D eigenvalue weighted by Crippen LogP contribution is -2.45. The lowest BCUT2D eigenvalue weighted by molar-refractivity contribution is -0.126. The molecule has 1 N–H and O–H groups in total. The van der Waals surface area contributed by atoms with Crippen molar-refractivity contribution >= 4 is 15.9 Å². The summed E-state index contributed by atoms with van der Waals surface area (Å²) in [5, 5.41) is 2.96. The quantitative estimate of drug-likeness (QED) is 0.753. The van der Waals surface area contributed by atoms with Gasteiger partial charge in [-0.1, -0.05) is 36.4 Å². The van der Waals surface area contributed by atoms with Crippen molar-refractivity contribution in [3.8, 4) is 5.75 Å². The number of rotatable bonds is 7. The molecule has 2 aromatic rings. The number of nitrogens with zero attached hydrogens (tertiary/aromatic N) is 1. The number of ether oxygens (including phenoxy) is 1. The van der Waals surface area contributed by atoms with Crippen LogP contribution in [0.4, 0.5) is 0 Å². The number of nitrogens with one attached hydrogen (secondary N) is 1. The van der Waals surface area contributed by atoms with E-state index in [4.69, 9.17) is 4.74 Å². The minimum atomic E-state index is -3.73. The Kier molecular flexibility index (Phi) is 6.92. The number of carbonyl (C=O) groups excluding carboxylic acids is 1. The number of amides is 1. The Morgan fingerprint density at radius 1 is 1.21 bits per heavy atom. The van der Waals surface area contributed by atoms with Gasteiger partial charge in [-0.3, -0.25) is 4.79 Å². The third kappa shape index (κ3) is 5.16. The summed E-state index contributed by atoms with van der Waals surface area (Å²) >= 11 is 0. The van der Waals surface area contributed by atoms with Crippen LogP contribution in [-0.4, -0.2) is 45.4 Å². The largest absolute Gasteiger partial charge is 0.495 e. The van der Waals surface area contributed by atoms with Crippen molar-refractivity contribution in [3.05, 3.63) is 59.7 Å². The van der Waals surface area contributed by atoms with Gasteiger partial charge in [-0.25, -0.2) is 8.42 Å². The first-order valence-corrected chi connectivity index (χ1v) is 11.3. The second kappa shape index (κ2) is 9.41. The van der Waals surface area contributed by atoms with Crippen LogP contribution in [0.3, 0.4) is 0 Å². The fourth-order valence-corrected chi connectivity index (χ4v) is 5.38. The van der Waals surface area contributed by atoms with Gasteiger partial charge in [0.1, 0.15) is 10.6 Å². The second-order valence-electron chi connectivity index (χ2n) is 7.38. The zero-order chi connectivity index (χ0) is 20.9. The first-order chi connectivity index (χ1) is 13.9. The summed E-state index contributed by atoms with van der Waals surface area (Å²) in [6.45, 7) is 2.99. The molecule has 1 fully saturated rings. The summed E-state index contributed by atoms with van der Waals surface area (Å²) in [5.41, 5.74) is 2.00. The van der Waals surface area contributed by atoms with Crippen molar-refractivity contribution in [3.63, 3.8) is 0 Å². The van der Waals surface area contributed by atoms with E-state index in [-0.39, 0.29) is 23.3 Å². The van der Waals surface area contributed by atoms with Crippen LogP contribution in [0, 0.1) is 12.8 Å². The number of methoxy groups -OCH3 is 1. The van der Waals surface area contributed by atoms with Crippen molar-refractivity contribution in [2.24, 2.45) is 5.92 Å². The monoisotopic (exact) mass is 416 g/mol. The fourth-order valence-electron chi connectivity index (χ4n) is 3.62. The maximum absolute atomic E-state index is 13.2. The van der Waals surface area contributed by atoms with Crippen molar-refractivity contribution in [1.29, 1.82) is 0 Å². The van der Waals surface area contributed by atoms with Crippen LogP contribution in [0.5, 0.6) is 5.75 Å². The van der Waals surface area contributed by atoms with Crippen LogP contribution in [0.15, 0.2) is 53.4 Å².